The van der Waals surface area contributed by atoms with E-state index in [1.54, 1.807) is 6.07 Å². The summed E-state index contributed by atoms with van der Waals surface area (Å²) in [6.45, 7) is 4.25. The molecule has 0 bridgehead atoms. The van der Waals surface area contributed by atoms with Crippen molar-refractivity contribution >= 4 is 11.6 Å². The van der Waals surface area contributed by atoms with Gasteiger partial charge in [0.25, 0.3) is 0 Å². The third-order valence-electron chi connectivity index (χ3n) is 4.67. The Kier molecular flexibility index (Phi) is 5.38. The van der Waals surface area contributed by atoms with Crippen LogP contribution >= 0.6 is 0 Å². The van der Waals surface area contributed by atoms with Gasteiger partial charge in [-0.15, -0.1) is 0 Å². The second-order valence-electron chi connectivity index (χ2n) is 5.95. The lowest BCUT2D eigenvalue weighted by atomic mass is 9.80. The van der Waals surface area contributed by atoms with Gasteiger partial charge in [0.05, 0.1) is 11.6 Å². The Morgan fingerprint density at radius 1 is 1.29 bits per heavy atom. The molecule has 1 N–H and O–H groups in total. The fourth-order valence-corrected chi connectivity index (χ4v) is 3.14. The minimum absolute atomic E-state index is 0.109. The normalized spacial score (nSPS) is 21.6. The number of carbonyl (C=O) groups excluding carboxylic acids is 1. The monoisotopic (exact) mass is 284 g/mol. The molecule has 2 rings (SSSR count). The predicted molar refractivity (Wildman–Crippen MR) is 84.9 cm³/mol. The van der Waals surface area contributed by atoms with Gasteiger partial charge in [-0.2, -0.15) is 5.26 Å². The van der Waals surface area contributed by atoms with Gasteiger partial charge in [-0.05, 0) is 55.7 Å². The lowest BCUT2D eigenvalue weighted by Crippen LogP contribution is -2.27. The maximum atomic E-state index is 12.3. The molecule has 1 aliphatic rings. The Hall–Kier alpha value is -1.82. The molecule has 0 saturated heterocycles. The molecule has 0 aromatic heterocycles. The van der Waals surface area contributed by atoms with Crippen molar-refractivity contribution < 1.29 is 4.79 Å². The Morgan fingerprint density at radius 3 is 2.57 bits per heavy atom. The van der Waals surface area contributed by atoms with Gasteiger partial charge >= 0.3 is 0 Å². The summed E-state index contributed by atoms with van der Waals surface area (Å²) in [7, 11) is 0. The first kappa shape index (κ1) is 15.6. The predicted octanol–water partition coefficient (Wildman–Crippen LogP) is 4.28. The molecule has 1 saturated carbocycles. The van der Waals surface area contributed by atoms with E-state index in [1.807, 2.05) is 19.1 Å². The molecule has 1 aliphatic carbocycles. The number of amides is 1. The SMILES string of the molecule is CCc1ccc(NC(=O)C2CCC(CC)CC2)cc1C#N. The minimum atomic E-state index is 0.109. The van der Waals surface area contributed by atoms with E-state index in [-0.39, 0.29) is 11.8 Å². The lowest BCUT2D eigenvalue weighted by molar-refractivity contribution is -0.121. The van der Waals surface area contributed by atoms with Gasteiger partial charge in [-0.1, -0.05) is 26.3 Å². The maximum absolute atomic E-state index is 12.3. The molecule has 3 heteroatoms. The van der Waals surface area contributed by atoms with Gasteiger partial charge in [0.1, 0.15) is 0 Å². The highest BCUT2D eigenvalue weighted by Crippen LogP contribution is 2.31. The zero-order valence-corrected chi connectivity index (χ0v) is 13.0. The van der Waals surface area contributed by atoms with E-state index in [4.69, 9.17) is 5.26 Å². The number of nitriles is 1. The third kappa shape index (κ3) is 3.85. The number of rotatable bonds is 4. The number of hydrogen-bond donors (Lipinski definition) is 1. The van der Waals surface area contributed by atoms with Gasteiger partial charge in [0, 0.05) is 11.6 Å². The number of nitrogens with zero attached hydrogens (tertiary/aromatic N) is 1. The van der Waals surface area contributed by atoms with Crippen LogP contribution in [0.3, 0.4) is 0 Å². The van der Waals surface area contributed by atoms with Crippen molar-refractivity contribution in [1.82, 2.24) is 0 Å². The van der Waals surface area contributed by atoms with Crippen molar-refractivity contribution in [1.29, 1.82) is 5.26 Å². The number of aryl methyl sites for hydroxylation is 1. The number of anilines is 1. The Labute approximate surface area is 127 Å². The average molecular weight is 284 g/mol. The van der Waals surface area contributed by atoms with E-state index < -0.39 is 0 Å². The molecule has 1 aromatic carbocycles. The second-order valence-corrected chi connectivity index (χ2v) is 5.95. The summed E-state index contributed by atoms with van der Waals surface area (Å²) in [5.41, 5.74) is 2.43. The van der Waals surface area contributed by atoms with E-state index in [0.717, 1.165) is 49.3 Å². The zero-order chi connectivity index (χ0) is 15.2. The summed E-state index contributed by atoms with van der Waals surface area (Å²) in [5.74, 6) is 1.03. The van der Waals surface area contributed by atoms with Crippen molar-refractivity contribution in [3.63, 3.8) is 0 Å². The first-order valence-corrected chi connectivity index (χ1v) is 8.01. The molecule has 3 nitrogen and oxygen atoms in total. The summed E-state index contributed by atoms with van der Waals surface area (Å²) < 4.78 is 0. The molecule has 0 atom stereocenters. The topological polar surface area (TPSA) is 52.9 Å². The zero-order valence-electron chi connectivity index (χ0n) is 13.0. The summed E-state index contributed by atoms with van der Waals surface area (Å²) in [4.78, 5) is 12.3. The number of benzene rings is 1. The molecule has 112 valence electrons. The van der Waals surface area contributed by atoms with Crippen LogP contribution in [-0.2, 0) is 11.2 Å². The number of hydrogen-bond acceptors (Lipinski definition) is 2. The smallest absolute Gasteiger partial charge is 0.227 e. The first-order valence-electron chi connectivity index (χ1n) is 8.01. The lowest BCUT2D eigenvalue weighted by Gasteiger charge is -2.27. The van der Waals surface area contributed by atoms with Gasteiger partial charge in [-0.3, -0.25) is 4.79 Å². The summed E-state index contributed by atoms with van der Waals surface area (Å²) >= 11 is 0. The van der Waals surface area contributed by atoms with Crippen molar-refractivity contribution in [3.8, 4) is 6.07 Å². The van der Waals surface area contributed by atoms with E-state index in [9.17, 15) is 4.79 Å². The second kappa shape index (κ2) is 7.26. The van der Waals surface area contributed by atoms with Crippen molar-refractivity contribution in [2.24, 2.45) is 11.8 Å². The quantitative estimate of drug-likeness (QED) is 0.897. The average Bonchev–Trinajstić information content (AvgIpc) is 2.54. The van der Waals surface area contributed by atoms with E-state index >= 15 is 0 Å². The molecular formula is C18H24N2O. The van der Waals surface area contributed by atoms with Crippen molar-refractivity contribution in [2.75, 3.05) is 5.32 Å². The standard InChI is InChI=1S/C18H24N2O/c1-3-13-5-7-15(8-6-13)18(21)20-17-10-9-14(4-2)16(11-17)12-19/h9-11,13,15H,3-8H2,1-2H3,(H,20,21). The largest absolute Gasteiger partial charge is 0.326 e. The van der Waals surface area contributed by atoms with Crippen LogP contribution in [0.15, 0.2) is 18.2 Å². The van der Waals surface area contributed by atoms with Gasteiger partial charge in [0.2, 0.25) is 5.91 Å². The molecule has 21 heavy (non-hydrogen) atoms. The van der Waals surface area contributed by atoms with Crippen LogP contribution < -0.4 is 5.32 Å². The minimum Gasteiger partial charge on any atom is -0.326 e. The van der Waals surface area contributed by atoms with Crippen LogP contribution in [-0.4, -0.2) is 5.91 Å². The molecule has 0 unspecified atom stereocenters. The fourth-order valence-electron chi connectivity index (χ4n) is 3.14. The Morgan fingerprint density at radius 2 is 2.00 bits per heavy atom. The third-order valence-corrected chi connectivity index (χ3v) is 4.67. The highest BCUT2D eigenvalue weighted by molar-refractivity contribution is 5.92. The van der Waals surface area contributed by atoms with E-state index in [1.165, 1.54) is 6.42 Å². The number of nitrogens with one attached hydrogen (secondary N) is 1. The Bertz CT molecular complexity index is 537. The highest BCUT2D eigenvalue weighted by Gasteiger charge is 2.25. The summed E-state index contributed by atoms with van der Waals surface area (Å²) in [5, 5.41) is 12.1. The van der Waals surface area contributed by atoms with Crippen LogP contribution in [0.2, 0.25) is 0 Å². The fraction of sp³-hybridized carbons (Fsp3) is 0.556. The van der Waals surface area contributed by atoms with Crippen LogP contribution in [0, 0.1) is 23.2 Å². The van der Waals surface area contributed by atoms with Crippen LogP contribution in [0.5, 0.6) is 0 Å². The molecule has 0 spiro atoms. The van der Waals surface area contributed by atoms with E-state index in [0.29, 0.717) is 5.56 Å². The van der Waals surface area contributed by atoms with Gasteiger partial charge < -0.3 is 5.32 Å². The molecule has 1 fully saturated rings. The van der Waals surface area contributed by atoms with Crippen LogP contribution in [0.1, 0.15) is 57.1 Å². The molecule has 1 amide bonds. The van der Waals surface area contributed by atoms with Crippen molar-refractivity contribution in [2.45, 2.75) is 52.4 Å². The van der Waals surface area contributed by atoms with E-state index in [2.05, 4.69) is 18.3 Å². The summed E-state index contributed by atoms with van der Waals surface area (Å²) in [6, 6.07) is 7.82. The maximum Gasteiger partial charge on any atom is 0.227 e. The highest BCUT2D eigenvalue weighted by atomic mass is 16.1. The van der Waals surface area contributed by atoms with Gasteiger partial charge in [0.15, 0.2) is 0 Å². The number of carbonyl (C=O) groups is 1. The Balaban J connectivity index is 1.99. The van der Waals surface area contributed by atoms with Crippen LogP contribution in [0.25, 0.3) is 0 Å². The molecular weight excluding hydrogens is 260 g/mol. The summed E-state index contributed by atoms with van der Waals surface area (Å²) in [6.07, 6.45) is 6.35. The molecule has 0 radical (unpaired) electrons. The molecule has 0 aliphatic heterocycles. The first-order chi connectivity index (χ1) is 10.2. The van der Waals surface area contributed by atoms with Gasteiger partial charge in [-0.25, -0.2) is 0 Å². The van der Waals surface area contributed by atoms with Crippen molar-refractivity contribution in [3.05, 3.63) is 29.3 Å². The molecule has 0 heterocycles. The molecule has 1 aromatic rings. The van der Waals surface area contributed by atoms with Crippen LogP contribution in [0.4, 0.5) is 5.69 Å².